The molecule has 0 saturated carbocycles. The summed E-state index contributed by atoms with van der Waals surface area (Å²) in [5.41, 5.74) is 2.58. The SMILES string of the molecule is Cn1nc(C(=O)Nc2ccc(Oc3ccnc(N)c3C#CC(C)(C)N3CCN(C(=O)OC(C)(C)C)CC3)c(F)c2)c(=O)n(-c2ccc(F)cc2)c1=O. The summed E-state index contributed by atoms with van der Waals surface area (Å²) in [5, 5.41) is 6.19. The molecule has 52 heavy (non-hydrogen) atoms. The van der Waals surface area contributed by atoms with Crippen molar-refractivity contribution in [3.63, 3.8) is 0 Å². The van der Waals surface area contributed by atoms with E-state index in [-0.39, 0.29) is 40.3 Å². The van der Waals surface area contributed by atoms with E-state index in [4.69, 9.17) is 15.2 Å². The number of pyridine rings is 1. The predicted octanol–water partition coefficient (Wildman–Crippen LogP) is 3.91. The second kappa shape index (κ2) is 14.6. The Labute approximate surface area is 297 Å². The normalized spacial score (nSPS) is 13.6. The maximum absolute atomic E-state index is 15.4. The molecule has 1 aliphatic rings. The summed E-state index contributed by atoms with van der Waals surface area (Å²) in [6, 6.07) is 9.60. The second-order valence-corrected chi connectivity index (χ2v) is 13.4. The fourth-order valence-corrected chi connectivity index (χ4v) is 5.24. The fourth-order valence-electron chi connectivity index (χ4n) is 5.24. The molecule has 2 aromatic carbocycles. The number of ether oxygens (including phenoxy) is 2. The lowest BCUT2D eigenvalue weighted by Crippen LogP contribution is -2.55. The van der Waals surface area contributed by atoms with Gasteiger partial charge in [0.2, 0.25) is 5.69 Å². The number of aryl methyl sites for hydroxylation is 1. The zero-order valence-electron chi connectivity index (χ0n) is 29.5. The molecule has 272 valence electrons. The van der Waals surface area contributed by atoms with Crippen molar-refractivity contribution in [3.05, 3.63) is 98.5 Å². The van der Waals surface area contributed by atoms with Crippen LogP contribution in [0.4, 0.5) is 25.1 Å². The molecule has 0 radical (unpaired) electrons. The topological polar surface area (TPSA) is 167 Å². The van der Waals surface area contributed by atoms with Gasteiger partial charge in [-0.05, 0) is 71.0 Å². The van der Waals surface area contributed by atoms with Crippen molar-refractivity contribution >= 4 is 23.5 Å². The molecule has 16 heteroatoms. The highest BCUT2D eigenvalue weighted by Gasteiger charge is 2.32. The summed E-state index contributed by atoms with van der Waals surface area (Å²) in [6.45, 7) is 11.4. The Morgan fingerprint density at radius 1 is 0.942 bits per heavy atom. The largest absolute Gasteiger partial charge is 0.453 e. The van der Waals surface area contributed by atoms with Crippen LogP contribution in [0.25, 0.3) is 5.69 Å². The molecule has 2 aromatic heterocycles. The number of aromatic nitrogens is 4. The molecule has 2 amide bonds. The summed E-state index contributed by atoms with van der Waals surface area (Å²) in [5.74, 6) is 3.77. The molecule has 0 spiro atoms. The minimum atomic E-state index is -1.05. The summed E-state index contributed by atoms with van der Waals surface area (Å²) in [7, 11) is 1.24. The second-order valence-electron chi connectivity index (χ2n) is 13.4. The van der Waals surface area contributed by atoms with E-state index in [2.05, 4.69) is 32.1 Å². The van der Waals surface area contributed by atoms with Gasteiger partial charge in [-0.15, -0.1) is 0 Å². The number of anilines is 2. The molecule has 0 bridgehead atoms. The summed E-state index contributed by atoms with van der Waals surface area (Å²) >= 11 is 0. The van der Waals surface area contributed by atoms with Crippen LogP contribution in [0.2, 0.25) is 0 Å². The summed E-state index contributed by atoms with van der Waals surface area (Å²) < 4.78 is 41.6. The van der Waals surface area contributed by atoms with E-state index in [1.54, 1.807) is 4.90 Å². The number of rotatable bonds is 6. The molecule has 1 saturated heterocycles. The number of carbonyl (C=O) groups excluding carboxylic acids is 2. The van der Waals surface area contributed by atoms with E-state index in [0.29, 0.717) is 30.7 Å². The number of nitrogens with one attached hydrogen (secondary N) is 1. The lowest BCUT2D eigenvalue weighted by atomic mass is 10.0. The van der Waals surface area contributed by atoms with Crippen LogP contribution in [-0.2, 0) is 11.8 Å². The number of amides is 2. The minimum Gasteiger partial charge on any atom is -0.453 e. The number of hydrogen-bond donors (Lipinski definition) is 2. The number of nitrogens with zero attached hydrogens (tertiary/aromatic N) is 6. The van der Waals surface area contributed by atoms with Crippen LogP contribution in [0, 0.1) is 23.5 Å². The van der Waals surface area contributed by atoms with Crippen molar-refractivity contribution < 1.29 is 27.8 Å². The van der Waals surface area contributed by atoms with Gasteiger partial charge in [0.05, 0.1) is 11.2 Å². The Morgan fingerprint density at radius 3 is 2.25 bits per heavy atom. The van der Waals surface area contributed by atoms with Gasteiger partial charge in [0, 0.05) is 57.2 Å². The van der Waals surface area contributed by atoms with Gasteiger partial charge in [0.15, 0.2) is 11.6 Å². The van der Waals surface area contributed by atoms with Gasteiger partial charge in [-0.1, -0.05) is 11.8 Å². The molecule has 3 heterocycles. The zero-order valence-corrected chi connectivity index (χ0v) is 29.5. The highest BCUT2D eigenvalue weighted by molar-refractivity contribution is 6.02. The number of benzene rings is 2. The smallest absolute Gasteiger partial charge is 0.410 e. The van der Waals surface area contributed by atoms with E-state index < -0.39 is 45.6 Å². The molecule has 0 unspecified atom stereocenters. The van der Waals surface area contributed by atoms with Crippen molar-refractivity contribution in [2.75, 3.05) is 37.2 Å². The molecular formula is C36H38F2N8O6. The third-order valence-corrected chi connectivity index (χ3v) is 7.99. The van der Waals surface area contributed by atoms with Gasteiger partial charge in [-0.3, -0.25) is 14.5 Å². The van der Waals surface area contributed by atoms with Crippen LogP contribution < -0.4 is 27.0 Å². The van der Waals surface area contributed by atoms with Gasteiger partial charge in [-0.25, -0.2) is 32.6 Å². The number of halogens is 2. The zero-order chi connectivity index (χ0) is 38.0. The van der Waals surface area contributed by atoms with Crippen LogP contribution in [0.15, 0.2) is 64.3 Å². The lowest BCUT2D eigenvalue weighted by Gasteiger charge is -2.41. The first-order valence-electron chi connectivity index (χ1n) is 16.2. The number of hydrogen-bond acceptors (Lipinski definition) is 10. The Hall–Kier alpha value is -6.08. The van der Waals surface area contributed by atoms with Gasteiger partial charge < -0.3 is 25.4 Å². The first-order chi connectivity index (χ1) is 24.4. The van der Waals surface area contributed by atoms with Crippen LogP contribution >= 0.6 is 0 Å². The molecule has 3 N–H and O–H groups in total. The van der Waals surface area contributed by atoms with Crippen molar-refractivity contribution in [1.29, 1.82) is 0 Å². The molecule has 1 aliphatic heterocycles. The average Bonchev–Trinajstić information content (AvgIpc) is 3.07. The van der Waals surface area contributed by atoms with E-state index in [1.807, 2.05) is 34.6 Å². The minimum absolute atomic E-state index is 0.0264. The van der Waals surface area contributed by atoms with Crippen LogP contribution in [-0.4, -0.2) is 78.5 Å². The maximum Gasteiger partial charge on any atom is 0.410 e. The fraction of sp³-hybridized carbons (Fsp3) is 0.333. The van der Waals surface area contributed by atoms with Crippen molar-refractivity contribution in [3.8, 4) is 29.0 Å². The lowest BCUT2D eigenvalue weighted by molar-refractivity contribution is 0.00781. The van der Waals surface area contributed by atoms with E-state index in [9.17, 15) is 23.6 Å². The van der Waals surface area contributed by atoms with Crippen molar-refractivity contribution in [2.24, 2.45) is 7.05 Å². The van der Waals surface area contributed by atoms with E-state index >= 15 is 4.39 Å². The monoisotopic (exact) mass is 716 g/mol. The van der Waals surface area contributed by atoms with Gasteiger partial charge >= 0.3 is 11.8 Å². The van der Waals surface area contributed by atoms with Crippen molar-refractivity contribution in [2.45, 2.75) is 45.8 Å². The molecule has 0 atom stereocenters. The summed E-state index contributed by atoms with van der Waals surface area (Å²) in [6.07, 6.45) is 1.03. The van der Waals surface area contributed by atoms with Gasteiger partial charge in [0.25, 0.3) is 11.5 Å². The van der Waals surface area contributed by atoms with E-state index in [1.165, 1.54) is 43.6 Å². The molecule has 4 aromatic rings. The summed E-state index contributed by atoms with van der Waals surface area (Å²) in [4.78, 5) is 59.3. The van der Waals surface area contributed by atoms with Crippen LogP contribution in [0.3, 0.4) is 0 Å². The molecule has 14 nitrogen and oxygen atoms in total. The first-order valence-corrected chi connectivity index (χ1v) is 16.2. The predicted molar refractivity (Wildman–Crippen MR) is 188 cm³/mol. The molecule has 0 aliphatic carbocycles. The number of nitrogen functional groups attached to an aromatic ring is 1. The van der Waals surface area contributed by atoms with Crippen LogP contribution in [0.1, 0.15) is 50.7 Å². The standard InChI is InChI=1S/C36H38F2N8O6/c1-35(2,3)52-34(50)44-17-19-45(20-18-44)36(4,5)15-13-25-27(14-16-40-30(25)39)51-28-12-9-23(21-26(28)38)41-31(47)29-32(48)46(33(49)43(6)42-29)24-10-7-22(37)8-11-24/h7-12,14,16,21H,17-20H2,1-6H3,(H2,39,40)(H,41,47). The number of piperazine rings is 1. The van der Waals surface area contributed by atoms with Gasteiger partial charge in [-0.2, -0.15) is 5.10 Å². The number of carbonyl (C=O) groups is 2. The third-order valence-electron chi connectivity index (χ3n) is 7.99. The quantitative estimate of drug-likeness (QED) is 0.279. The third kappa shape index (κ3) is 8.44. The molecule has 5 rings (SSSR count). The maximum atomic E-state index is 15.4. The van der Waals surface area contributed by atoms with Crippen LogP contribution in [0.5, 0.6) is 11.5 Å². The Bertz CT molecular complexity index is 2190. The van der Waals surface area contributed by atoms with E-state index in [0.717, 1.165) is 22.9 Å². The highest BCUT2D eigenvalue weighted by Crippen LogP contribution is 2.31. The highest BCUT2D eigenvalue weighted by atomic mass is 19.1. The Kier molecular flexibility index (Phi) is 10.5. The molecular weight excluding hydrogens is 678 g/mol. The van der Waals surface area contributed by atoms with Crippen molar-refractivity contribution in [1.82, 2.24) is 29.1 Å². The Balaban J connectivity index is 1.31. The molecule has 1 fully saturated rings. The Morgan fingerprint density at radius 2 is 1.62 bits per heavy atom. The number of nitrogens with two attached hydrogens (primary N) is 1. The average molecular weight is 717 g/mol. The first kappa shape index (κ1) is 37.2. The van der Waals surface area contributed by atoms with Gasteiger partial charge in [0.1, 0.15) is 28.5 Å².